The standard InChI is InChI=1S/C15H14Br2N2O2/c1-19(15(20)11-2-7-14(17)18-10-11)8-9-21-13-5-3-12(16)4-6-13/h2-7,10H,8-9H2,1H3. The fraction of sp³-hybridized carbons (Fsp3) is 0.200. The number of likely N-dealkylation sites (N-methyl/N-ethyl adjacent to an activating group) is 1. The summed E-state index contributed by atoms with van der Waals surface area (Å²) in [6, 6.07) is 11.1. The number of hydrogen-bond acceptors (Lipinski definition) is 3. The van der Waals surface area contributed by atoms with E-state index in [1.54, 1.807) is 30.3 Å². The molecule has 4 nitrogen and oxygen atoms in total. The first kappa shape index (κ1) is 16.0. The topological polar surface area (TPSA) is 42.4 Å². The minimum atomic E-state index is -0.0746. The number of benzene rings is 1. The van der Waals surface area contributed by atoms with Crippen LogP contribution in [0.5, 0.6) is 5.75 Å². The van der Waals surface area contributed by atoms with Crippen molar-refractivity contribution in [3.05, 3.63) is 57.2 Å². The molecule has 0 atom stereocenters. The fourth-order valence-electron chi connectivity index (χ4n) is 1.66. The summed E-state index contributed by atoms with van der Waals surface area (Å²) in [5, 5.41) is 0. The third kappa shape index (κ3) is 4.82. The van der Waals surface area contributed by atoms with E-state index < -0.39 is 0 Å². The number of halogens is 2. The molecule has 0 saturated carbocycles. The maximum absolute atomic E-state index is 12.2. The van der Waals surface area contributed by atoms with Crippen molar-refractivity contribution >= 4 is 37.8 Å². The molecular weight excluding hydrogens is 400 g/mol. The lowest BCUT2D eigenvalue weighted by Gasteiger charge is -2.17. The fourth-order valence-corrected chi connectivity index (χ4v) is 2.15. The minimum Gasteiger partial charge on any atom is -0.492 e. The largest absolute Gasteiger partial charge is 0.492 e. The molecule has 0 aliphatic carbocycles. The second-order valence-corrected chi connectivity index (χ2v) is 6.13. The van der Waals surface area contributed by atoms with Crippen LogP contribution in [0.2, 0.25) is 0 Å². The van der Waals surface area contributed by atoms with Gasteiger partial charge in [0, 0.05) is 17.7 Å². The predicted octanol–water partition coefficient (Wildman–Crippen LogP) is 3.76. The maximum Gasteiger partial charge on any atom is 0.255 e. The summed E-state index contributed by atoms with van der Waals surface area (Å²) in [4.78, 5) is 17.8. The Kier molecular flexibility index (Phi) is 5.76. The smallest absolute Gasteiger partial charge is 0.255 e. The van der Waals surface area contributed by atoms with E-state index in [2.05, 4.69) is 36.8 Å². The van der Waals surface area contributed by atoms with Crippen molar-refractivity contribution in [1.82, 2.24) is 9.88 Å². The van der Waals surface area contributed by atoms with Crippen molar-refractivity contribution in [2.75, 3.05) is 20.2 Å². The van der Waals surface area contributed by atoms with Crippen molar-refractivity contribution in [3.63, 3.8) is 0 Å². The molecule has 2 aromatic rings. The highest BCUT2D eigenvalue weighted by Crippen LogP contribution is 2.16. The maximum atomic E-state index is 12.2. The van der Waals surface area contributed by atoms with Gasteiger partial charge >= 0.3 is 0 Å². The van der Waals surface area contributed by atoms with E-state index >= 15 is 0 Å². The van der Waals surface area contributed by atoms with Crippen molar-refractivity contribution < 1.29 is 9.53 Å². The highest BCUT2D eigenvalue weighted by molar-refractivity contribution is 9.10. The zero-order valence-corrected chi connectivity index (χ0v) is 14.6. The van der Waals surface area contributed by atoms with Crippen LogP contribution < -0.4 is 4.74 Å². The van der Waals surface area contributed by atoms with Gasteiger partial charge in [0.25, 0.3) is 5.91 Å². The van der Waals surface area contributed by atoms with Gasteiger partial charge in [0.2, 0.25) is 0 Å². The highest BCUT2D eigenvalue weighted by Gasteiger charge is 2.11. The summed E-state index contributed by atoms with van der Waals surface area (Å²) in [5.41, 5.74) is 0.560. The third-order valence-corrected chi connectivity index (χ3v) is 3.83. The third-order valence-electron chi connectivity index (χ3n) is 2.83. The van der Waals surface area contributed by atoms with Gasteiger partial charge in [0.15, 0.2) is 0 Å². The Hall–Kier alpha value is -1.40. The zero-order chi connectivity index (χ0) is 15.2. The van der Waals surface area contributed by atoms with Gasteiger partial charge in [-0.1, -0.05) is 15.9 Å². The molecule has 0 unspecified atom stereocenters. The summed E-state index contributed by atoms with van der Waals surface area (Å²) < 4.78 is 7.31. The molecule has 0 radical (unpaired) electrons. The first-order valence-electron chi connectivity index (χ1n) is 6.31. The monoisotopic (exact) mass is 412 g/mol. The Morgan fingerprint density at radius 2 is 1.90 bits per heavy atom. The second-order valence-electron chi connectivity index (χ2n) is 4.40. The van der Waals surface area contributed by atoms with Crippen LogP contribution in [0.4, 0.5) is 0 Å². The molecule has 1 heterocycles. The number of nitrogens with zero attached hydrogens (tertiary/aromatic N) is 2. The Labute approximate surface area is 140 Å². The molecule has 1 amide bonds. The van der Waals surface area contributed by atoms with Gasteiger partial charge in [0.1, 0.15) is 17.0 Å². The van der Waals surface area contributed by atoms with E-state index in [9.17, 15) is 4.79 Å². The molecule has 110 valence electrons. The summed E-state index contributed by atoms with van der Waals surface area (Å²) in [6.07, 6.45) is 1.55. The normalized spacial score (nSPS) is 10.2. The molecule has 0 spiro atoms. The second kappa shape index (κ2) is 7.56. The van der Waals surface area contributed by atoms with Gasteiger partial charge in [-0.05, 0) is 52.3 Å². The lowest BCUT2D eigenvalue weighted by molar-refractivity contribution is 0.0773. The Morgan fingerprint density at radius 1 is 1.19 bits per heavy atom. The van der Waals surface area contributed by atoms with E-state index in [-0.39, 0.29) is 5.91 Å². The summed E-state index contributed by atoms with van der Waals surface area (Å²) in [6.45, 7) is 0.943. The highest BCUT2D eigenvalue weighted by atomic mass is 79.9. The van der Waals surface area contributed by atoms with Crippen LogP contribution in [0.25, 0.3) is 0 Å². The molecule has 1 aromatic carbocycles. The average molecular weight is 414 g/mol. The van der Waals surface area contributed by atoms with Crippen LogP contribution in [0.1, 0.15) is 10.4 Å². The summed E-state index contributed by atoms with van der Waals surface area (Å²) in [7, 11) is 1.75. The van der Waals surface area contributed by atoms with E-state index in [0.717, 1.165) is 10.2 Å². The molecule has 0 bridgehead atoms. The van der Waals surface area contributed by atoms with Crippen LogP contribution >= 0.6 is 31.9 Å². The van der Waals surface area contributed by atoms with Crippen molar-refractivity contribution in [3.8, 4) is 5.75 Å². The van der Waals surface area contributed by atoms with E-state index in [4.69, 9.17) is 4.74 Å². The summed E-state index contributed by atoms with van der Waals surface area (Å²) in [5.74, 6) is 0.707. The van der Waals surface area contributed by atoms with Crippen molar-refractivity contribution in [1.29, 1.82) is 0 Å². The number of pyridine rings is 1. The van der Waals surface area contributed by atoms with E-state index in [1.165, 1.54) is 0 Å². The number of carbonyl (C=O) groups is 1. The van der Waals surface area contributed by atoms with E-state index in [0.29, 0.717) is 23.3 Å². The first-order chi connectivity index (χ1) is 10.1. The van der Waals surface area contributed by atoms with Gasteiger partial charge in [-0.3, -0.25) is 4.79 Å². The predicted molar refractivity (Wildman–Crippen MR) is 88.5 cm³/mol. The van der Waals surface area contributed by atoms with Gasteiger partial charge < -0.3 is 9.64 Å². The van der Waals surface area contributed by atoms with Crippen LogP contribution in [0.3, 0.4) is 0 Å². The lowest BCUT2D eigenvalue weighted by atomic mass is 10.2. The van der Waals surface area contributed by atoms with Gasteiger partial charge in [-0.2, -0.15) is 0 Å². The Morgan fingerprint density at radius 3 is 2.52 bits per heavy atom. The van der Waals surface area contributed by atoms with Gasteiger partial charge in [-0.25, -0.2) is 4.98 Å². The minimum absolute atomic E-state index is 0.0746. The SMILES string of the molecule is CN(CCOc1ccc(Br)cc1)C(=O)c1ccc(Br)nc1. The number of ether oxygens (including phenoxy) is 1. The van der Waals surface area contributed by atoms with Crippen LogP contribution in [-0.4, -0.2) is 36.0 Å². The number of aromatic nitrogens is 1. The van der Waals surface area contributed by atoms with Crippen LogP contribution in [0, 0.1) is 0 Å². The van der Waals surface area contributed by atoms with Crippen molar-refractivity contribution in [2.45, 2.75) is 0 Å². The molecule has 0 aliphatic heterocycles. The number of carbonyl (C=O) groups excluding carboxylic acids is 1. The molecule has 1 aromatic heterocycles. The quantitative estimate of drug-likeness (QED) is 0.701. The summed E-state index contributed by atoms with van der Waals surface area (Å²) >= 11 is 6.61. The van der Waals surface area contributed by atoms with Gasteiger partial charge in [-0.15, -0.1) is 0 Å². The molecule has 0 fully saturated rings. The van der Waals surface area contributed by atoms with E-state index in [1.807, 2.05) is 24.3 Å². The molecule has 0 saturated heterocycles. The van der Waals surface area contributed by atoms with Crippen molar-refractivity contribution in [2.24, 2.45) is 0 Å². The Bertz CT molecular complexity index is 600. The van der Waals surface area contributed by atoms with Crippen LogP contribution in [-0.2, 0) is 0 Å². The Balaban J connectivity index is 1.83. The molecule has 0 aliphatic rings. The van der Waals surface area contributed by atoms with Crippen LogP contribution in [0.15, 0.2) is 51.7 Å². The number of rotatable bonds is 5. The lowest BCUT2D eigenvalue weighted by Crippen LogP contribution is -2.30. The molecule has 21 heavy (non-hydrogen) atoms. The molecule has 2 rings (SSSR count). The molecular formula is C15H14Br2N2O2. The first-order valence-corrected chi connectivity index (χ1v) is 7.90. The zero-order valence-electron chi connectivity index (χ0n) is 11.4. The molecule has 6 heteroatoms. The van der Waals surface area contributed by atoms with Gasteiger partial charge in [0.05, 0.1) is 12.1 Å². The number of hydrogen-bond donors (Lipinski definition) is 0. The molecule has 0 N–H and O–H groups in total. The number of amides is 1. The average Bonchev–Trinajstić information content (AvgIpc) is 2.49.